The summed E-state index contributed by atoms with van der Waals surface area (Å²) >= 11 is 7.73. The van der Waals surface area contributed by atoms with E-state index in [1.165, 1.54) is 17.3 Å². The molecule has 37 heavy (non-hydrogen) atoms. The van der Waals surface area contributed by atoms with Crippen molar-refractivity contribution in [3.63, 3.8) is 0 Å². The van der Waals surface area contributed by atoms with Crippen LogP contribution < -0.4 is 21.1 Å². The molecular weight excluding hydrogens is 526 g/mol. The first kappa shape index (κ1) is 26.2. The summed E-state index contributed by atoms with van der Waals surface area (Å²) < 4.78 is 16.2. The number of nitrogen functional groups attached to an aromatic ring is 2. The number of rotatable bonds is 5. The summed E-state index contributed by atoms with van der Waals surface area (Å²) in [6.07, 6.45) is 6.24. The molecule has 2 atom stereocenters. The van der Waals surface area contributed by atoms with Gasteiger partial charge in [0.15, 0.2) is 0 Å². The molecule has 196 valence electrons. The van der Waals surface area contributed by atoms with Gasteiger partial charge < -0.3 is 16.4 Å². The van der Waals surface area contributed by atoms with Crippen molar-refractivity contribution in [1.82, 2.24) is 19.7 Å². The summed E-state index contributed by atoms with van der Waals surface area (Å²) in [5.74, 6) is 1.60. The van der Waals surface area contributed by atoms with Crippen molar-refractivity contribution in [1.29, 1.82) is 0 Å². The molecular formula is C26H32ClN7OS2. The number of fused-ring (bicyclic) bond motifs is 1. The highest BCUT2D eigenvalue weighted by molar-refractivity contribution is 7.99. The van der Waals surface area contributed by atoms with Crippen molar-refractivity contribution in [2.75, 3.05) is 29.5 Å². The molecule has 0 unspecified atom stereocenters. The largest absolute Gasteiger partial charge is 0.383 e. The van der Waals surface area contributed by atoms with Crippen molar-refractivity contribution >= 4 is 51.8 Å². The van der Waals surface area contributed by atoms with Crippen LogP contribution in [0.4, 0.5) is 17.5 Å². The Hall–Kier alpha value is -2.40. The molecule has 8 nitrogen and oxygen atoms in total. The van der Waals surface area contributed by atoms with E-state index in [2.05, 4.69) is 25.7 Å². The van der Waals surface area contributed by atoms with Gasteiger partial charge in [-0.2, -0.15) is 0 Å². The molecule has 0 saturated carbocycles. The van der Waals surface area contributed by atoms with Crippen LogP contribution in [0.15, 0.2) is 52.5 Å². The fourth-order valence-electron chi connectivity index (χ4n) is 5.10. The van der Waals surface area contributed by atoms with Crippen molar-refractivity contribution < 1.29 is 4.21 Å². The second kappa shape index (κ2) is 10.1. The Kier molecular flexibility index (Phi) is 7.12. The topological polar surface area (TPSA) is 123 Å². The summed E-state index contributed by atoms with van der Waals surface area (Å²) in [4.78, 5) is 17.3. The molecule has 1 fully saturated rings. The van der Waals surface area contributed by atoms with Crippen LogP contribution in [-0.4, -0.2) is 37.0 Å². The number of anilines is 3. The Balaban J connectivity index is 1.32. The predicted octanol–water partition coefficient (Wildman–Crippen LogP) is 4.78. The molecule has 3 aromatic rings. The zero-order valence-corrected chi connectivity index (χ0v) is 23.6. The number of aromatic nitrogens is 3. The molecule has 1 aliphatic carbocycles. The summed E-state index contributed by atoms with van der Waals surface area (Å²) in [7, 11) is -1.18. The van der Waals surface area contributed by atoms with E-state index in [4.69, 9.17) is 28.1 Å². The van der Waals surface area contributed by atoms with E-state index < -0.39 is 11.0 Å². The Bertz CT molecular complexity index is 1340. The van der Waals surface area contributed by atoms with Crippen molar-refractivity contribution in [2.24, 2.45) is 5.41 Å². The molecule has 2 aliphatic rings. The third kappa shape index (κ3) is 5.16. The SMILES string of the molecule is CC(C)(C)[S@@](=O)N[C@@H]1c2cccnc2CC12CCN(c1ccc(Sc3ccnc(N)c3Cl)c(N)n1)CC2. The molecule has 11 heteroatoms. The standard InChI is InChI=1S/C26H32ClN7OS2/c1-25(2,3)37(35)33-22-16-5-4-11-30-17(16)15-26(22)9-13-34(14-10-26)20-7-6-19(23(28)32-20)36-18-8-12-31-24(29)21(18)27/h4-8,11-12,22,33H,9-10,13-15H2,1-3H3,(H2,28,32)(H2,29,31)/t22-,37-/m1/s1. The van der Waals surface area contributed by atoms with E-state index in [-0.39, 0.29) is 16.2 Å². The lowest BCUT2D eigenvalue weighted by Crippen LogP contribution is -2.48. The Morgan fingerprint density at radius 3 is 2.54 bits per heavy atom. The number of nitrogens with one attached hydrogen (secondary N) is 1. The molecule has 4 heterocycles. The molecule has 0 radical (unpaired) electrons. The van der Waals surface area contributed by atoms with E-state index in [9.17, 15) is 4.21 Å². The van der Waals surface area contributed by atoms with Crippen LogP contribution in [-0.2, 0) is 17.4 Å². The lowest BCUT2D eigenvalue weighted by molar-refractivity contribution is 0.176. The Morgan fingerprint density at radius 1 is 1.08 bits per heavy atom. The minimum absolute atomic E-state index is 0.00719. The van der Waals surface area contributed by atoms with Crippen LogP contribution in [0.1, 0.15) is 50.9 Å². The Labute approximate surface area is 229 Å². The van der Waals surface area contributed by atoms with E-state index >= 15 is 0 Å². The number of hydrogen-bond donors (Lipinski definition) is 3. The van der Waals surface area contributed by atoms with Crippen LogP contribution in [0.5, 0.6) is 0 Å². The molecule has 3 aromatic heterocycles. The number of nitrogens with zero attached hydrogens (tertiary/aromatic N) is 4. The van der Waals surface area contributed by atoms with Crippen LogP contribution >= 0.6 is 23.4 Å². The maximum absolute atomic E-state index is 13.1. The number of hydrogen-bond acceptors (Lipinski definition) is 8. The maximum atomic E-state index is 13.1. The third-order valence-electron chi connectivity index (χ3n) is 7.20. The van der Waals surface area contributed by atoms with Gasteiger partial charge in [-0.25, -0.2) is 18.9 Å². The van der Waals surface area contributed by atoms with Gasteiger partial charge in [-0.05, 0) is 75.3 Å². The van der Waals surface area contributed by atoms with Gasteiger partial charge in [-0.3, -0.25) is 4.98 Å². The molecule has 1 saturated heterocycles. The zero-order valence-electron chi connectivity index (χ0n) is 21.2. The molecule has 0 amide bonds. The second-order valence-corrected chi connectivity index (χ2v) is 14.1. The first-order valence-electron chi connectivity index (χ1n) is 12.3. The van der Waals surface area contributed by atoms with Gasteiger partial charge in [-0.15, -0.1) is 0 Å². The van der Waals surface area contributed by atoms with Gasteiger partial charge in [0, 0.05) is 36.1 Å². The van der Waals surface area contributed by atoms with E-state index in [0.29, 0.717) is 16.7 Å². The minimum atomic E-state index is -1.18. The highest BCUT2D eigenvalue weighted by Crippen LogP contribution is 2.52. The summed E-state index contributed by atoms with van der Waals surface area (Å²) in [5.41, 5.74) is 14.4. The lowest BCUT2D eigenvalue weighted by atomic mass is 9.73. The average Bonchev–Trinajstić information content (AvgIpc) is 3.15. The van der Waals surface area contributed by atoms with E-state index in [1.807, 2.05) is 51.2 Å². The second-order valence-electron chi connectivity index (χ2n) is 10.7. The fourth-order valence-corrected chi connectivity index (χ4v) is 7.12. The molecule has 0 bridgehead atoms. The van der Waals surface area contributed by atoms with Crippen molar-refractivity contribution in [3.8, 4) is 0 Å². The predicted molar refractivity (Wildman–Crippen MR) is 152 cm³/mol. The maximum Gasteiger partial charge on any atom is 0.143 e. The number of pyridine rings is 3. The molecule has 5 N–H and O–H groups in total. The van der Waals surface area contributed by atoms with Crippen molar-refractivity contribution in [2.45, 2.75) is 60.6 Å². The van der Waals surface area contributed by atoms with Crippen LogP contribution in [0.25, 0.3) is 0 Å². The van der Waals surface area contributed by atoms with Gasteiger partial charge in [0.2, 0.25) is 0 Å². The monoisotopic (exact) mass is 557 g/mol. The summed E-state index contributed by atoms with van der Waals surface area (Å²) in [6.45, 7) is 7.67. The van der Waals surface area contributed by atoms with Gasteiger partial charge in [0.05, 0.1) is 31.7 Å². The van der Waals surface area contributed by atoms with Crippen LogP contribution in [0.3, 0.4) is 0 Å². The number of piperidine rings is 1. The Morgan fingerprint density at radius 2 is 1.84 bits per heavy atom. The summed E-state index contributed by atoms with van der Waals surface area (Å²) in [6, 6.07) is 9.90. The number of nitrogens with two attached hydrogens (primary N) is 2. The van der Waals surface area contributed by atoms with Gasteiger partial charge in [-0.1, -0.05) is 29.4 Å². The summed E-state index contributed by atoms with van der Waals surface area (Å²) in [5, 5.41) is 0.417. The fraction of sp³-hybridized carbons (Fsp3) is 0.423. The quantitative estimate of drug-likeness (QED) is 0.409. The van der Waals surface area contributed by atoms with E-state index in [0.717, 1.165) is 53.7 Å². The number of halogens is 1. The highest BCUT2D eigenvalue weighted by atomic mass is 35.5. The molecule has 1 aliphatic heterocycles. The van der Waals surface area contributed by atoms with Gasteiger partial charge >= 0.3 is 0 Å². The minimum Gasteiger partial charge on any atom is -0.383 e. The molecule has 5 rings (SSSR count). The van der Waals surface area contributed by atoms with Crippen LogP contribution in [0.2, 0.25) is 5.02 Å². The van der Waals surface area contributed by atoms with E-state index in [1.54, 1.807) is 6.20 Å². The zero-order chi connectivity index (χ0) is 26.4. The average molecular weight is 558 g/mol. The smallest absolute Gasteiger partial charge is 0.143 e. The molecule has 1 spiro atoms. The van der Waals surface area contributed by atoms with Gasteiger partial charge in [0.1, 0.15) is 17.5 Å². The third-order valence-corrected chi connectivity index (χ3v) is 10.4. The normalized spacial score (nSPS) is 19.7. The van der Waals surface area contributed by atoms with Crippen LogP contribution in [0, 0.1) is 5.41 Å². The first-order valence-corrected chi connectivity index (χ1v) is 14.6. The lowest BCUT2D eigenvalue weighted by Gasteiger charge is -2.44. The van der Waals surface area contributed by atoms with Gasteiger partial charge in [0.25, 0.3) is 0 Å². The molecule has 0 aromatic carbocycles. The van der Waals surface area contributed by atoms with Crippen molar-refractivity contribution in [3.05, 3.63) is 59.0 Å². The first-order chi connectivity index (χ1) is 17.6. The highest BCUT2D eigenvalue weighted by Gasteiger charge is 2.49.